The monoisotopic (exact) mass is 396 g/mol. The Morgan fingerprint density at radius 1 is 1.15 bits per heavy atom. The second-order valence-electron chi connectivity index (χ2n) is 4.90. The molecule has 0 heterocycles. The number of benzene rings is 1. The SMILES string of the molecule is C[CH2][Sn]([CH2]C)([CH2]C)[N]=C=C(C#N)Cc1ccc(Cl)cc1. The van der Waals surface area contributed by atoms with Gasteiger partial charge in [0.2, 0.25) is 0 Å². The molecule has 0 N–H and O–H groups in total. The maximum atomic E-state index is 9.24. The number of hydrogen-bond donors (Lipinski definition) is 0. The van der Waals surface area contributed by atoms with Crippen LogP contribution in [0.25, 0.3) is 0 Å². The summed E-state index contributed by atoms with van der Waals surface area (Å²) < 4.78 is 8.29. The fourth-order valence-corrected chi connectivity index (χ4v) is 8.91. The predicted octanol–water partition coefficient (Wildman–Crippen LogP) is 5.01. The average molecular weight is 396 g/mol. The van der Waals surface area contributed by atoms with Gasteiger partial charge in [0.05, 0.1) is 0 Å². The molecule has 0 aromatic heterocycles. The van der Waals surface area contributed by atoms with Crippen LogP contribution in [0.15, 0.2) is 33.1 Å². The second-order valence-corrected chi connectivity index (χ2v) is 19.0. The predicted molar refractivity (Wildman–Crippen MR) is 88.9 cm³/mol. The minimum absolute atomic E-state index is 0.580. The minimum atomic E-state index is -2.38. The van der Waals surface area contributed by atoms with Crippen LogP contribution in [0.3, 0.4) is 0 Å². The van der Waals surface area contributed by atoms with Gasteiger partial charge < -0.3 is 0 Å². The molecule has 1 rings (SSSR count). The van der Waals surface area contributed by atoms with Crippen molar-refractivity contribution in [3.63, 3.8) is 0 Å². The fraction of sp³-hybridized carbons (Fsp3) is 0.438. The molecular weight excluding hydrogens is 374 g/mol. The fourth-order valence-electron chi connectivity index (χ4n) is 2.08. The third kappa shape index (κ3) is 4.98. The van der Waals surface area contributed by atoms with Gasteiger partial charge >= 0.3 is 132 Å². The van der Waals surface area contributed by atoms with E-state index in [4.69, 9.17) is 14.8 Å². The molecule has 0 aliphatic heterocycles. The Hall–Kier alpha value is -0.751. The standard InChI is InChI=1S/C10H6ClN2.3C2H5.Sn/c11-10-3-1-8(2-4-10)5-9(6-12)7-13;3*1-2;/h1-4H,5H2;3*1H2,2H3;/q-1;;;;+1. The zero-order chi connectivity index (χ0) is 15.0. The van der Waals surface area contributed by atoms with E-state index in [0.29, 0.717) is 17.0 Å². The number of nitriles is 1. The van der Waals surface area contributed by atoms with E-state index in [2.05, 4.69) is 32.7 Å². The summed E-state index contributed by atoms with van der Waals surface area (Å²) in [5, 5.41) is 9.96. The van der Waals surface area contributed by atoms with Gasteiger partial charge in [-0.3, -0.25) is 0 Å². The molecule has 0 aliphatic rings. The Bertz CT molecular complexity index is 524. The number of nitrogens with zero attached hydrogens (tertiary/aromatic N) is 2. The summed E-state index contributed by atoms with van der Waals surface area (Å²) in [5.74, 6) is 3.07. The summed E-state index contributed by atoms with van der Waals surface area (Å²) in [6.45, 7) is 6.67. The van der Waals surface area contributed by atoms with Gasteiger partial charge in [-0.25, -0.2) is 0 Å². The van der Waals surface area contributed by atoms with Crippen molar-refractivity contribution in [2.24, 2.45) is 3.21 Å². The third-order valence-corrected chi connectivity index (χ3v) is 17.0. The van der Waals surface area contributed by atoms with Gasteiger partial charge in [0.15, 0.2) is 0 Å². The molecule has 20 heavy (non-hydrogen) atoms. The molecule has 1 aromatic rings. The van der Waals surface area contributed by atoms with Crippen molar-refractivity contribution < 1.29 is 0 Å². The first kappa shape index (κ1) is 17.3. The number of halogens is 1. The van der Waals surface area contributed by atoms with Crippen LogP contribution in [0.2, 0.25) is 18.3 Å². The summed E-state index contributed by atoms with van der Waals surface area (Å²) in [5.41, 5.74) is 1.68. The number of rotatable bonds is 6. The number of hydrogen-bond acceptors (Lipinski definition) is 2. The molecule has 4 heteroatoms. The molecule has 0 unspecified atom stereocenters. The van der Waals surface area contributed by atoms with Gasteiger partial charge in [0.25, 0.3) is 0 Å². The van der Waals surface area contributed by atoms with Crippen molar-refractivity contribution in [2.75, 3.05) is 0 Å². The van der Waals surface area contributed by atoms with Crippen molar-refractivity contribution in [3.05, 3.63) is 40.4 Å². The van der Waals surface area contributed by atoms with Gasteiger partial charge in [-0.2, -0.15) is 0 Å². The molecule has 0 fully saturated rings. The van der Waals surface area contributed by atoms with E-state index in [9.17, 15) is 5.26 Å². The van der Waals surface area contributed by atoms with Crippen LogP contribution >= 0.6 is 11.6 Å². The van der Waals surface area contributed by atoms with Gasteiger partial charge in [-0.15, -0.1) is 0 Å². The van der Waals surface area contributed by atoms with E-state index >= 15 is 0 Å². The molecule has 0 bridgehead atoms. The van der Waals surface area contributed by atoms with Crippen molar-refractivity contribution >= 4 is 36.1 Å². The van der Waals surface area contributed by atoms with E-state index in [1.54, 1.807) is 0 Å². The molecule has 0 saturated carbocycles. The van der Waals surface area contributed by atoms with Crippen LogP contribution in [0.4, 0.5) is 0 Å². The third-order valence-electron chi connectivity index (χ3n) is 3.83. The summed E-state index contributed by atoms with van der Waals surface area (Å²) >= 11 is 3.48. The Balaban J connectivity index is 2.98. The first-order valence-electron chi connectivity index (χ1n) is 7.07. The molecule has 0 radical (unpaired) electrons. The van der Waals surface area contributed by atoms with Crippen molar-refractivity contribution in [3.8, 4) is 6.07 Å². The Morgan fingerprint density at radius 3 is 2.15 bits per heavy atom. The van der Waals surface area contributed by atoms with E-state index in [1.165, 1.54) is 13.3 Å². The molecule has 1 aromatic carbocycles. The molecular formula is C16H21ClN2Sn. The molecule has 2 nitrogen and oxygen atoms in total. The first-order valence-corrected chi connectivity index (χ1v) is 14.8. The van der Waals surface area contributed by atoms with Gasteiger partial charge in [-0.1, -0.05) is 0 Å². The van der Waals surface area contributed by atoms with Crippen molar-refractivity contribution in [1.82, 2.24) is 0 Å². The zero-order valence-electron chi connectivity index (χ0n) is 12.4. The Morgan fingerprint density at radius 2 is 1.70 bits per heavy atom. The van der Waals surface area contributed by atoms with E-state index in [-0.39, 0.29) is 0 Å². The van der Waals surface area contributed by atoms with Crippen LogP contribution in [0.5, 0.6) is 0 Å². The van der Waals surface area contributed by atoms with E-state index in [0.717, 1.165) is 5.56 Å². The van der Waals surface area contributed by atoms with E-state index in [1.807, 2.05) is 24.3 Å². The molecule has 0 atom stereocenters. The van der Waals surface area contributed by atoms with Gasteiger partial charge in [0, 0.05) is 0 Å². The normalized spacial score (nSPS) is 10.6. The van der Waals surface area contributed by atoms with E-state index < -0.39 is 18.7 Å². The maximum absolute atomic E-state index is 9.24. The molecule has 0 spiro atoms. The first-order chi connectivity index (χ1) is 9.59. The van der Waals surface area contributed by atoms with Crippen LogP contribution in [0.1, 0.15) is 26.3 Å². The van der Waals surface area contributed by atoms with Gasteiger partial charge in [0.1, 0.15) is 0 Å². The summed E-state index contributed by atoms with van der Waals surface area (Å²) in [6, 6.07) is 9.79. The zero-order valence-corrected chi connectivity index (χ0v) is 16.0. The Kier molecular flexibility index (Phi) is 7.37. The second kappa shape index (κ2) is 8.52. The summed E-state index contributed by atoms with van der Waals surface area (Å²) in [4.78, 5) is 0. The van der Waals surface area contributed by atoms with Crippen molar-refractivity contribution in [2.45, 2.75) is 40.5 Å². The number of allylic oxidation sites excluding steroid dienone is 1. The van der Waals surface area contributed by atoms with Gasteiger partial charge in [-0.05, 0) is 0 Å². The summed E-state index contributed by atoms with van der Waals surface area (Å²) in [7, 11) is 0. The molecule has 0 amide bonds. The Labute approximate surface area is 131 Å². The average Bonchev–Trinajstić information content (AvgIpc) is 2.50. The molecule has 106 valence electrons. The molecule has 0 saturated heterocycles. The molecule has 0 aliphatic carbocycles. The summed E-state index contributed by atoms with van der Waals surface area (Å²) in [6.07, 6.45) is 0.580. The van der Waals surface area contributed by atoms with Crippen LogP contribution in [-0.4, -0.2) is 24.5 Å². The van der Waals surface area contributed by atoms with Crippen LogP contribution in [0, 0.1) is 11.3 Å². The van der Waals surface area contributed by atoms with Crippen LogP contribution < -0.4 is 0 Å². The topological polar surface area (TPSA) is 36.1 Å². The van der Waals surface area contributed by atoms with Crippen molar-refractivity contribution in [1.29, 1.82) is 5.26 Å². The quantitative estimate of drug-likeness (QED) is 0.379. The van der Waals surface area contributed by atoms with Crippen LogP contribution in [-0.2, 0) is 6.42 Å².